The van der Waals surface area contributed by atoms with E-state index in [0.29, 0.717) is 88.5 Å². The molecule has 0 spiro atoms. The van der Waals surface area contributed by atoms with Gasteiger partial charge in [-0.05, 0) is 84.5 Å². The van der Waals surface area contributed by atoms with Crippen molar-refractivity contribution in [2.75, 3.05) is 72.7 Å². The van der Waals surface area contributed by atoms with E-state index in [0.717, 1.165) is 40.1 Å². The van der Waals surface area contributed by atoms with Crippen molar-refractivity contribution in [2.24, 2.45) is 0 Å². The maximum Gasteiger partial charge on any atom is 0.262 e. The molecular weight excluding hydrogens is 778 g/mol. The molecule has 0 radical (unpaired) electrons. The number of allylic oxidation sites excluding steroid dienone is 1. The summed E-state index contributed by atoms with van der Waals surface area (Å²) in [5.74, 6) is -2.37. The molecule has 5 heterocycles. The van der Waals surface area contributed by atoms with Crippen molar-refractivity contribution < 1.29 is 52.0 Å². The Balaban J connectivity index is 0.653. The predicted octanol–water partition coefficient (Wildman–Crippen LogP) is 4.27. The zero-order valence-corrected chi connectivity index (χ0v) is 33.1. The van der Waals surface area contributed by atoms with Gasteiger partial charge in [0.25, 0.3) is 11.8 Å². The monoisotopic (exact) mass is 823 g/mol. The maximum atomic E-state index is 15.0. The lowest BCUT2D eigenvalue weighted by molar-refractivity contribution is -0.136. The summed E-state index contributed by atoms with van der Waals surface area (Å²) in [5, 5.41) is 2.18. The number of aryl methyl sites for hydroxylation is 1. The normalized spacial score (nSPS) is 15.9. The first-order chi connectivity index (χ1) is 29.4. The number of hydrogen-bond acceptors (Lipinski definition) is 13. The molecule has 4 aromatic rings. The highest BCUT2D eigenvalue weighted by Crippen LogP contribution is 2.32. The molecule has 1 unspecified atom stereocenters. The fourth-order valence-electron chi connectivity index (χ4n) is 6.99. The number of fused-ring (bicyclic) bond motifs is 2. The van der Waals surface area contributed by atoms with Crippen molar-refractivity contribution in [2.45, 2.75) is 38.1 Å². The van der Waals surface area contributed by atoms with Crippen molar-refractivity contribution in [3.63, 3.8) is 0 Å². The summed E-state index contributed by atoms with van der Waals surface area (Å²) in [7, 11) is 0. The van der Waals surface area contributed by atoms with Gasteiger partial charge in [0.2, 0.25) is 17.8 Å². The van der Waals surface area contributed by atoms with Crippen LogP contribution in [0.25, 0.3) is 22.8 Å². The van der Waals surface area contributed by atoms with Crippen LogP contribution < -0.4 is 10.1 Å². The number of pyridine rings is 3. The van der Waals surface area contributed by atoms with Crippen LogP contribution in [0, 0.1) is 5.95 Å². The highest BCUT2D eigenvalue weighted by Gasteiger charge is 2.44. The van der Waals surface area contributed by atoms with E-state index >= 15 is 4.39 Å². The number of piperidine rings is 1. The minimum Gasteiger partial charge on any atom is -0.491 e. The lowest BCUT2D eigenvalue weighted by Crippen LogP contribution is -2.54. The fraction of sp³-hybridized carbons (Fsp3) is 0.386. The van der Waals surface area contributed by atoms with Gasteiger partial charge in [0.05, 0.1) is 76.3 Å². The molecule has 1 aliphatic carbocycles. The first kappa shape index (κ1) is 42.3. The largest absolute Gasteiger partial charge is 0.491 e. The number of rotatable bonds is 23. The number of halogens is 1. The Morgan fingerprint density at radius 2 is 1.42 bits per heavy atom. The van der Waals surface area contributed by atoms with Crippen molar-refractivity contribution in [1.82, 2.24) is 25.2 Å². The van der Waals surface area contributed by atoms with E-state index in [9.17, 15) is 19.2 Å². The van der Waals surface area contributed by atoms with Gasteiger partial charge in [0.15, 0.2) is 0 Å². The number of ether oxygens (including phenoxy) is 6. The van der Waals surface area contributed by atoms with E-state index in [4.69, 9.17) is 28.4 Å². The smallest absolute Gasteiger partial charge is 0.262 e. The average Bonchev–Trinajstić information content (AvgIpc) is 3.80. The highest BCUT2D eigenvalue weighted by molar-refractivity contribution is 6.23. The summed E-state index contributed by atoms with van der Waals surface area (Å²) in [5.41, 5.74) is 6.16. The molecule has 1 N–H and O–H groups in total. The molecule has 2 aliphatic heterocycles. The number of carbonyl (C=O) groups is 4. The molecule has 7 rings (SSSR count). The third-order valence-electron chi connectivity index (χ3n) is 10.1. The summed E-state index contributed by atoms with van der Waals surface area (Å²) in [4.78, 5) is 63.3. The second-order valence-corrected chi connectivity index (χ2v) is 14.2. The SMILES string of the molecule is O=C1CCC(N2C(=O)c3ccc(OCCOCCOCCOCCOCCOCCCc4ccc(-c5ccc(C6=Cc7ccncc7C6)nc5F)cn4)cc3C2=O)C(=O)N1. The Bertz CT molecular complexity index is 2200. The van der Waals surface area contributed by atoms with Crippen molar-refractivity contribution >= 4 is 35.3 Å². The Morgan fingerprint density at radius 3 is 2.08 bits per heavy atom. The Hall–Kier alpha value is -5.78. The van der Waals surface area contributed by atoms with Gasteiger partial charge in [-0.25, -0.2) is 4.98 Å². The van der Waals surface area contributed by atoms with Gasteiger partial charge in [-0.15, -0.1) is 0 Å². The maximum absolute atomic E-state index is 15.0. The van der Waals surface area contributed by atoms with Gasteiger partial charge in [-0.2, -0.15) is 4.39 Å². The van der Waals surface area contributed by atoms with Gasteiger partial charge in [0, 0.05) is 54.9 Å². The third-order valence-corrected chi connectivity index (χ3v) is 10.1. The molecule has 1 fully saturated rings. The zero-order valence-electron chi connectivity index (χ0n) is 33.1. The molecular formula is C44H46FN5O10. The second-order valence-electron chi connectivity index (χ2n) is 14.2. The first-order valence-electron chi connectivity index (χ1n) is 20.0. The molecule has 1 saturated heterocycles. The van der Waals surface area contributed by atoms with Crippen LogP contribution in [-0.2, 0) is 46.1 Å². The van der Waals surface area contributed by atoms with Crippen LogP contribution >= 0.6 is 0 Å². The summed E-state index contributed by atoms with van der Waals surface area (Å²) in [6.45, 7) is 4.44. The predicted molar refractivity (Wildman–Crippen MR) is 214 cm³/mol. The third kappa shape index (κ3) is 10.9. The minimum absolute atomic E-state index is 0.0576. The van der Waals surface area contributed by atoms with E-state index in [2.05, 4.69) is 20.3 Å². The molecule has 3 aromatic heterocycles. The quantitative estimate of drug-likeness (QED) is 0.0638. The molecule has 3 aliphatic rings. The molecule has 314 valence electrons. The average molecular weight is 824 g/mol. The fourth-order valence-corrected chi connectivity index (χ4v) is 6.99. The lowest BCUT2D eigenvalue weighted by Gasteiger charge is -2.27. The van der Waals surface area contributed by atoms with Gasteiger partial charge >= 0.3 is 0 Å². The Morgan fingerprint density at radius 1 is 0.733 bits per heavy atom. The number of benzene rings is 1. The topological polar surface area (TPSA) is 178 Å². The lowest BCUT2D eigenvalue weighted by atomic mass is 10.0. The number of nitrogens with one attached hydrogen (secondary N) is 1. The summed E-state index contributed by atoms with van der Waals surface area (Å²) < 4.78 is 48.5. The summed E-state index contributed by atoms with van der Waals surface area (Å²) in [6.07, 6.45) is 9.68. The molecule has 16 heteroatoms. The number of imide groups is 2. The molecule has 4 amide bonds. The second kappa shape index (κ2) is 21.0. The van der Waals surface area contributed by atoms with Gasteiger partial charge < -0.3 is 28.4 Å². The molecule has 60 heavy (non-hydrogen) atoms. The van der Waals surface area contributed by atoms with Crippen LogP contribution in [0.1, 0.15) is 62.5 Å². The van der Waals surface area contributed by atoms with E-state index in [1.807, 2.05) is 36.5 Å². The van der Waals surface area contributed by atoms with Crippen LogP contribution in [0.5, 0.6) is 5.75 Å². The molecule has 1 atom stereocenters. The van der Waals surface area contributed by atoms with Crippen molar-refractivity contribution in [3.8, 4) is 16.9 Å². The van der Waals surface area contributed by atoms with Crippen LogP contribution in [0.4, 0.5) is 4.39 Å². The number of amides is 4. The standard InChI is InChI=1S/C44H46FN5O10/c45-41-35(7-8-38(48-41)31-24-29-11-12-46-27-32(29)25-31)30-3-4-33(47-28-30)2-1-13-55-14-15-56-16-17-57-18-19-58-20-21-59-22-23-60-34-5-6-36-37(26-34)44(54)50(43(36)53)39-9-10-40(51)49-42(39)52/h3-8,11-12,24,26-28,39H,1-2,9-10,13-23,25H2,(H,49,51,52). The molecule has 15 nitrogen and oxygen atoms in total. The number of nitrogens with zero attached hydrogens (tertiary/aromatic N) is 4. The Labute approximate surface area is 346 Å². The zero-order chi connectivity index (χ0) is 41.7. The van der Waals surface area contributed by atoms with Crippen molar-refractivity contribution in [1.29, 1.82) is 0 Å². The van der Waals surface area contributed by atoms with Crippen LogP contribution in [0.15, 0.2) is 67.1 Å². The van der Waals surface area contributed by atoms with Gasteiger partial charge in [-0.3, -0.25) is 39.4 Å². The molecule has 1 aromatic carbocycles. The van der Waals surface area contributed by atoms with E-state index in [1.165, 1.54) is 12.1 Å². The van der Waals surface area contributed by atoms with Crippen LogP contribution in [0.2, 0.25) is 0 Å². The highest BCUT2D eigenvalue weighted by atomic mass is 19.1. The first-order valence-corrected chi connectivity index (χ1v) is 20.0. The van der Waals surface area contributed by atoms with Gasteiger partial charge in [-0.1, -0.05) is 6.07 Å². The summed E-state index contributed by atoms with van der Waals surface area (Å²) >= 11 is 0. The van der Waals surface area contributed by atoms with Gasteiger partial charge in [0.1, 0.15) is 18.4 Å². The van der Waals surface area contributed by atoms with Crippen LogP contribution in [0.3, 0.4) is 0 Å². The van der Waals surface area contributed by atoms with E-state index in [-0.39, 0.29) is 37.2 Å². The number of aromatic nitrogens is 3. The molecule has 0 bridgehead atoms. The van der Waals surface area contributed by atoms with E-state index < -0.39 is 35.6 Å². The van der Waals surface area contributed by atoms with Crippen LogP contribution in [-0.4, -0.2) is 122 Å². The number of carbonyl (C=O) groups excluding carboxylic acids is 4. The number of hydrogen-bond donors (Lipinski definition) is 1. The summed E-state index contributed by atoms with van der Waals surface area (Å²) in [6, 6.07) is 12.9. The van der Waals surface area contributed by atoms with Crippen molar-refractivity contribution in [3.05, 3.63) is 107 Å². The molecule has 0 saturated carbocycles. The van der Waals surface area contributed by atoms with E-state index in [1.54, 1.807) is 24.5 Å². The Kier molecular flexibility index (Phi) is 14.8. The minimum atomic E-state index is -1.02.